The van der Waals surface area contributed by atoms with Gasteiger partial charge in [0.05, 0.1) is 11.4 Å². The minimum Gasteiger partial charge on any atom is -0.343 e. The van der Waals surface area contributed by atoms with E-state index >= 15 is 0 Å². The van der Waals surface area contributed by atoms with Gasteiger partial charge in [-0.15, -0.1) is 0 Å². The molecule has 1 amide bonds. The lowest BCUT2D eigenvalue weighted by Gasteiger charge is -2.31. The van der Waals surface area contributed by atoms with Crippen molar-refractivity contribution in [1.29, 1.82) is 0 Å². The Morgan fingerprint density at radius 2 is 2.00 bits per heavy atom. The highest BCUT2D eigenvalue weighted by Crippen LogP contribution is 2.28. The predicted molar refractivity (Wildman–Crippen MR) is 88.6 cm³/mol. The first kappa shape index (κ1) is 17.0. The molecule has 0 saturated carbocycles. The molecule has 5 heteroatoms. The van der Waals surface area contributed by atoms with Gasteiger partial charge in [-0.3, -0.25) is 9.48 Å². The largest absolute Gasteiger partial charge is 0.343 e. The van der Waals surface area contributed by atoms with Crippen LogP contribution in [0.4, 0.5) is 0 Å². The van der Waals surface area contributed by atoms with Gasteiger partial charge in [0, 0.05) is 39.0 Å². The summed E-state index contributed by atoms with van der Waals surface area (Å²) in [4.78, 5) is 16.3. The molecule has 1 aromatic heterocycles. The SMILES string of the molecule is CC(C)CC(=O)N1CCC(c2cc(CN(C)C)n(C)n2)CC1. The molecule has 1 aliphatic heterocycles. The van der Waals surface area contributed by atoms with E-state index in [1.54, 1.807) is 0 Å². The fourth-order valence-electron chi connectivity index (χ4n) is 3.10. The van der Waals surface area contributed by atoms with Crippen molar-refractivity contribution >= 4 is 5.91 Å². The second-order valence-electron chi connectivity index (χ2n) is 7.17. The summed E-state index contributed by atoms with van der Waals surface area (Å²) in [6.07, 6.45) is 2.73. The molecule has 1 saturated heterocycles. The van der Waals surface area contributed by atoms with Crippen LogP contribution in [0.25, 0.3) is 0 Å². The number of carbonyl (C=O) groups excluding carboxylic acids is 1. The van der Waals surface area contributed by atoms with Crippen LogP contribution in [-0.2, 0) is 18.4 Å². The van der Waals surface area contributed by atoms with Crippen molar-refractivity contribution in [3.63, 3.8) is 0 Å². The Morgan fingerprint density at radius 3 is 2.55 bits per heavy atom. The molecule has 22 heavy (non-hydrogen) atoms. The summed E-state index contributed by atoms with van der Waals surface area (Å²) in [5.74, 6) is 1.24. The maximum Gasteiger partial charge on any atom is 0.222 e. The normalized spacial score (nSPS) is 16.8. The van der Waals surface area contributed by atoms with Crippen molar-refractivity contribution in [3.05, 3.63) is 17.5 Å². The van der Waals surface area contributed by atoms with Crippen molar-refractivity contribution < 1.29 is 4.79 Å². The fourth-order valence-corrected chi connectivity index (χ4v) is 3.10. The molecular weight excluding hydrogens is 276 g/mol. The molecule has 0 aromatic carbocycles. The minimum absolute atomic E-state index is 0.308. The fraction of sp³-hybridized carbons (Fsp3) is 0.765. The van der Waals surface area contributed by atoms with Gasteiger partial charge in [-0.05, 0) is 38.9 Å². The first-order valence-corrected chi connectivity index (χ1v) is 8.32. The number of hydrogen-bond donors (Lipinski definition) is 0. The van der Waals surface area contributed by atoms with Crippen LogP contribution < -0.4 is 0 Å². The third-order valence-electron chi connectivity index (χ3n) is 4.32. The highest BCUT2D eigenvalue weighted by Gasteiger charge is 2.26. The molecule has 2 rings (SSSR count). The number of nitrogens with zero attached hydrogens (tertiary/aromatic N) is 4. The molecule has 0 bridgehead atoms. The average Bonchev–Trinajstić information content (AvgIpc) is 2.79. The van der Waals surface area contributed by atoms with Crippen molar-refractivity contribution in [2.24, 2.45) is 13.0 Å². The Balaban J connectivity index is 1.93. The summed E-state index contributed by atoms with van der Waals surface area (Å²) in [5.41, 5.74) is 2.44. The number of amides is 1. The summed E-state index contributed by atoms with van der Waals surface area (Å²) in [5, 5.41) is 4.69. The highest BCUT2D eigenvalue weighted by molar-refractivity contribution is 5.76. The van der Waals surface area contributed by atoms with Crippen molar-refractivity contribution in [2.75, 3.05) is 27.2 Å². The first-order chi connectivity index (χ1) is 10.4. The number of hydrogen-bond acceptors (Lipinski definition) is 3. The molecule has 0 unspecified atom stereocenters. The van der Waals surface area contributed by atoms with Crippen molar-refractivity contribution in [3.8, 4) is 0 Å². The van der Waals surface area contributed by atoms with Gasteiger partial charge in [-0.25, -0.2) is 0 Å². The molecule has 0 aliphatic carbocycles. The number of carbonyl (C=O) groups is 1. The van der Waals surface area contributed by atoms with Gasteiger partial charge < -0.3 is 9.80 Å². The molecule has 1 aliphatic rings. The van der Waals surface area contributed by atoms with E-state index < -0.39 is 0 Å². The van der Waals surface area contributed by atoms with E-state index in [0.29, 0.717) is 24.2 Å². The van der Waals surface area contributed by atoms with Crippen LogP contribution >= 0.6 is 0 Å². The molecule has 2 heterocycles. The van der Waals surface area contributed by atoms with Crippen LogP contribution in [0.2, 0.25) is 0 Å². The van der Waals surface area contributed by atoms with Crippen LogP contribution in [0, 0.1) is 5.92 Å². The lowest BCUT2D eigenvalue weighted by molar-refractivity contribution is -0.133. The Morgan fingerprint density at radius 1 is 1.36 bits per heavy atom. The number of aryl methyl sites for hydroxylation is 1. The predicted octanol–water partition coefficient (Wildman–Crippen LogP) is 2.23. The second kappa shape index (κ2) is 7.27. The zero-order chi connectivity index (χ0) is 16.3. The van der Waals surface area contributed by atoms with E-state index in [2.05, 4.69) is 38.9 Å². The maximum atomic E-state index is 12.1. The number of likely N-dealkylation sites (tertiary alicyclic amines) is 1. The van der Waals surface area contributed by atoms with Crippen LogP contribution in [0.1, 0.15) is 50.4 Å². The van der Waals surface area contributed by atoms with Crippen LogP contribution in [0.15, 0.2) is 6.07 Å². The summed E-state index contributed by atoms with van der Waals surface area (Å²) in [7, 11) is 6.17. The van der Waals surface area contributed by atoms with Gasteiger partial charge >= 0.3 is 0 Å². The molecule has 5 nitrogen and oxygen atoms in total. The van der Waals surface area contributed by atoms with E-state index in [1.165, 1.54) is 11.4 Å². The van der Waals surface area contributed by atoms with E-state index in [0.717, 1.165) is 32.5 Å². The Kier molecular flexibility index (Phi) is 5.62. The summed E-state index contributed by atoms with van der Waals surface area (Å²) >= 11 is 0. The number of aromatic nitrogens is 2. The van der Waals surface area contributed by atoms with Crippen LogP contribution in [-0.4, -0.2) is 52.7 Å². The smallest absolute Gasteiger partial charge is 0.222 e. The second-order valence-corrected chi connectivity index (χ2v) is 7.17. The lowest BCUT2D eigenvalue weighted by atomic mass is 9.93. The third kappa shape index (κ3) is 4.32. The average molecular weight is 306 g/mol. The van der Waals surface area contributed by atoms with E-state index in [4.69, 9.17) is 5.10 Å². The summed E-state index contributed by atoms with van der Waals surface area (Å²) in [6.45, 7) is 6.86. The minimum atomic E-state index is 0.308. The molecular formula is C17H30N4O. The zero-order valence-corrected chi connectivity index (χ0v) is 14.7. The van der Waals surface area contributed by atoms with Crippen molar-refractivity contribution in [1.82, 2.24) is 19.6 Å². The molecule has 0 spiro atoms. The summed E-state index contributed by atoms with van der Waals surface area (Å²) in [6, 6.07) is 2.23. The van der Waals surface area contributed by atoms with E-state index in [9.17, 15) is 4.79 Å². The Bertz CT molecular complexity index is 499. The quantitative estimate of drug-likeness (QED) is 0.838. The number of piperidine rings is 1. The zero-order valence-electron chi connectivity index (χ0n) is 14.7. The molecule has 0 atom stereocenters. The molecule has 0 N–H and O–H groups in total. The van der Waals surface area contributed by atoms with E-state index in [1.807, 2.05) is 16.6 Å². The highest BCUT2D eigenvalue weighted by atomic mass is 16.2. The summed E-state index contributed by atoms with van der Waals surface area (Å²) < 4.78 is 1.99. The molecule has 0 radical (unpaired) electrons. The monoisotopic (exact) mass is 306 g/mol. The maximum absolute atomic E-state index is 12.1. The van der Waals surface area contributed by atoms with Gasteiger partial charge in [0.25, 0.3) is 0 Å². The van der Waals surface area contributed by atoms with Gasteiger partial charge in [0.1, 0.15) is 0 Å². The van der Waals surface area contributed by atoms with Crippen molar-refractivity contribution in [2.45, 2.75) is 45.6 Å². The van der Waals surface area contributed by atoms with Gasteiger partial charge in [0.15, 0.2) is 0 Å². The lowest BCUT2D eigenvalue weighted by Crippen LogP contribution is -2.38. The molecule has 1 aromatic rings. The molecule has 124 valence electrons. The topological polar surface area (TPSA) is 41.4 Å². The van der Waals surface area contributed by atoms with Crippen LogP contribution in [0.5, 0.6) is 0 Å². The number of rotatable bonds is 5. The Hall–Kier alpha value is -1.36. The molecule has 1 fully saturated rings. The first-order valence-electron chi connectivity index (χ1n) is 8.32. The van der Waals surface area contributed by atoms with Crippen LogP contribution in [0.3, 0.4) is 0 Å². The Labute approximate surface area is 134 Å². The van der Waals surface area contributed by atoms with Gasteiger partial charge in [-0.2, -0.15) is 5.10 Å². The third-order valence-corrected chi connectivity index (χ3v) is 4.32. The van der Waals surface area contributed by atoms with Gasteiger partial charge in [0.2, 0.25) is 5.91 Å². The van der Waals surface area contributed by atoms with Gasteiger partial charge in [-0.1, -0.05) is 13.8 Å². The van der Waals surface area contributed by atoms with E-state index in [-0.39, 0.29) is 0 Å². The standard InChI is InChI=1S/C17H30N4O/c1-13(2)10-17(22)21-8-6-14(7-9-21)16-11-15(12-19(3)4)20(5)18-16/h11,13-14H,6-10,12H2,1-5H3.